The molecule has 4 heteroatoms. The third-order valence-corrected chi connectivity index (χ3v) is 12.3. The quantitative estimate of drug-likeness (QED) is 0.142. The average molecular weight is 863 g/mol. The zero-order valence-corrected chi connectivity index (χ0v) is 44.3. The number of hydrogen-bond donors (Lipinski definition) is 4. The molecule has 0 saturated heterocycles. The predicted octanol–water partition coefficient (Wildman–Crippen LogP) is 16.1. The standard InChI is InChI=1S/C30H46O2.C29H44O2/c1-18(2)12-21-14-23(27(31)25(16-21)29(6,7)8)20(5)24-15-22(13-19(3)4)17-26(28(24)32)30(9,10)11;1-26(2,3)20-14-18(24(30)22(16-20)28(7,8)9)13-19-15-21(27(4,5)6)17-23(25(19)31)29(10,11)12/h14-20,31-32H,12-13H2,1-11H3;14-17,30-31H,13H2,1-12H3. The fourth-order valence-corrected chi connectivity index (χ4v) is 8.46. The molecule has 0 atom stereocenters. The maximum Gasteiger partial charge on any atom is 0.123 e. The summed E-state index contributed by atoms with van der Waals surface area (Å²) < 4.78 is 0. The number of rotatable bonds is 8. The SMILES string of the molecule is CC(C)(C)c1cc(Cc2cc(C(C)(C)C)cc(C(C)(C)C)c2O)c(O)c(C(C)(C)C)c1.CC(C)Cc1cc(C(C)c2cc(CC(C)C)cc(C(C)(C)C)c2O)c(O)c(C(C)(C)C)c1. The predicted molar refractivity (Wildman–Crippen MR) is 272 cm³/mol. The van der Waals surface area contributed by atoms with Gasteiger partial charge in [0.1, 0.15) is 23.0 Å². The molecule has 4 nitrogen and oxygen atoms in total. The highest BCUT2D eigenvalue weighted by molar-refractivity contribution is 5.57. The number of hydrogen-bond acceptors (Lipinski definition) is 4. The third kappa shape index (κ3) is 13.6. The van der Waals surface area contributed by atoms with Crippen molar-refractivity contribution in [2.45, 2.75) is 217 Å². The number of aromatic hydroxyl groups is 4. The third-order valence-electron chi connectivity index (χ3n) is 12.3. The molecule has 4 aromatic carbocycles. The van der Waals surface area contributed by atoms with Crippen LogP contribution in [0, 0.1) is 11.8 Å². The highest BCUT2D eigenvalue weighted by Gasteiger charge is 2.30. The molecule has 0 saturated carbocycles. The molecular formula is C59H90O4. The molecule has 0 aromatic heterocycles. The first-order valence-electron chi connectivity index (χ1n) is 23.7. The lowest BCUT2D eigenvalue weighted by molar-refractivity contribution is 0.428. The Bertz CT molecular complexity index is 2050. The lowest BCUT2D eigenvalue weighted by atomic mass is 9.76. The van der Waals surface area contributed by atoms with E-state index in [9.17, 15) is 20.4 Å². The maximum atomic E-state index is 11.4. The van der Waals surface area contributed by atoms with Gasteiger partial charge < -0.3 is 20.4 Å². The summed E-state index contributed by atoms with van der Waals surface area (Å²) in [7, 11) is 0. The Balaban J connectivity index is 0.000000335. The van der Waals surface area contributed by atoms with E-state index in [-0.39, 0.29) is 38.4 Å². The fraction of sp³-hybridized carbons (Fsp3) is 0.593. The Morgan fingerprint density at radius 3 is 0.857 bits per heavy atom. The molecule has 63 heavy (non-hydrogen) atoms. The Hall–Kier alpha value is -3.92. The first kappa shape index (κ1) is 53.4. The van der Waals surface area contributed by atoms with Gasteiger partial charge in [0.15, 0.2) is 0 Å². The van der Waals surface area contributed by atoms with Crippen LogP contribution in [0.1, 0.15) is 232 Å². The highest BCUT2D eigenvalue weighted by Crippen LogP contribution is 2.46. The molecule has 0 spiro atoms. The van der Waals surface area contributed by atoms with Crippen molar-refractivity contribution in [1.29, 1.82) is 0 Å². The van der Waals surface area contributed by atoms with Crippen LogP contribution in [0.2, 0.25) is 0 Å². The molecular weight excluding hydrogens is 773 g/mol. The molecule has 4 aromatic rings. The van der Waals surface area contributed by atoms with Crippen LogP contribution in [0.5, 0.6) is 23.0 Å². The van der Waals surface area contributed by atoms with Crippen molar-refractivity contribution in [2.75, 3.05) is 0 Å². The topological polar surface area (TPSA) is 80.9 Å². The van der Waals surface area contributed by atoms with Crippen molar-refractivity contribution in [2.24, 2.45) is 11.8 Å². The molecule has 0 aliphatic heterocycles. The van der Waals surface area contributed by atoms with E-state index >= 15 is 0 Å². The van der Waals surface area contributed by atoms with E-state index in [1.54, 1.807) is 0 Å². The van der Waals surface area contributed by atoms with Gasteiger partial charge in [-0.3, -0.25) is 0 Å². The second-order valence-electron chi connectivity index (χ2n) is 25.8. The Morgan fingerprint density at radius 1 is 0.349 bits per heavy atom. The Morgan fingerprint density at radius 2 is 0.619 bits per heavy atom. The molecule has 0 amide bonds. The molecule has 0 fully saturated rings. The van der Waals surface area contributed by atoms with E-state index in [0.29, 0.717) is 41.3 Å². The fourth-order valence-electron chi connectivity index (χ4n) is 8.46. The largest absolute Gasteiger partial charge is 0.507 e. The van der Waals surface area contributed by atoms with Gasteiger partial charge in [-0.25, -0.2) is 0 Å². The van der Waals surface area contributed by atoms with Crippen LogP contribution in [0.15, 0.2) is 48.5 Å². The van der Waals surface area contributed by atoms with Crippen LogP contribution in [0.25, 0.3) is 0 Å². The number of phenols is 4. The number of phenolic OH excluding ortho intramolecular Hbond substituents is 4. The van der Waals surface area contributed by atoms with Crippen molar-refractivity contribution in [3.05, 3.63) is 115 Å². The lowest BCUT2D eigenvalue weighted by Gasteiger charge is -2.29. The molecule has 0 heterocycles. The summed E-state index contributed by atoms with van der Waals surface area (Å²) in [5, 5.41) is 45.2. The summed E-state index contributed by atoms with van der Waals surface area (Å²) in [6.07, 6.45) is 2.43. The second-order valence-corrected chi connectivity index (χ2v) is 25.8. The zero-order chi connectivity index (χ0) is 48.7. The zero-order valence-electron chi connectivity index (χ0n) is 44.3. The first-order chi connectivity index (χ1) is 28.2. The molecule has 4 rings (SSSR count). The summed E-state index contributed by atoms with van der Waals surface area (Å²) in [5.74, 6) is 2.37. The minimum atomic E-state index is -0.175. The van der Waals surface area contributed by atoms with E-state index in [1.807, 2.05) is 0 Å². The first-order valence-corrected chi connectivity index (χ1v) is 23.7. The molecule has 0 unspecified atom stereocenters. The normalized spacial score (nSPS) is 13.2. The van der Waals surface area contributed by atoms with Gasteiger partial charge in [-0.2, -0.15) is 0 Å². The Kier molecular flexibility index (Phi) is 16.0. The monoisotopic (exact) mass is 863 g/mol. The van der Waals surface area contributed by atoms with E-state index in [0.717, 1.165) is 57.3 Å². The van der Waals surface area contributed by atoms with Crippen LogP contribution in [-0.4, -0.2) is 20.4 Å². The van der Waals surface area contributed by atoms with Crippen molar-refractivity contribution >= 4 is 0 Å². The van der Waals surface area contributed by atoms with Gasteiger partial charge in [0.05, 0.1) is 0 Å². The molecule has 0 radical (unpaired) electrons. The second kappa shape index (κ2) is 18.9. The summed E-state index contributed by atoms with van der Waals surface area (Å²) in [6.45, 7) is 49.9. The molecule has 0 aliphatic rings. The van der Waals surface area contributed by atoms with E-state index in [4.69, 9.17) is 0 Å². The minimum absolute atomic E-state index is 0.0334. The van der Waals surface area contributed by atoms with Gasteiger partial charge >= 0.3 is 0 Å². The van der Waals surface area contributed by atoms with Crippen LogP contribution < -0.4 is 0 Å². The maximum absolute atomic E-state index is 11.4. The molecule has 0 aliphatic carbocycles. The minimum Gasteiger partial charge on any atom is -0.507 e. The van der Waals surface area contributed by atoms with Crippen LogP contribution >= 0.6 is 0 Å². The van der Waals surface area contributed by atoms with Crippen molar-refractivity contribution in [3.63, 3.8) is 0 Å². The van der Waals surface area contributed by atoms with E-state index in [2.05, 4.69) is 208 Å². The summed E-state index contributed by atoms with van der Waals surface area (Å²) >= 11 is 0. The molecule has 350 valence electrons. The van der Waals surface area contributed by atoms with Crippen molar-refractivity contribution in [3.8, 4) is 23.0 Å². The molecule has 0 bridgehead atoms. The smallest absolute Gasteiger partial charge is 0.123 e. The van der Waals surface area contributed by atoms with Gasteiger partial charge in [0.2, 0.25) is 0 Å². The van der Waals surface area contributed by atoms with Crippen LogP contribution in [-0.2, 0) is 51.8 Å². The van der Waals surface area contributed by atoms with Crippen molar-refractivity contribution < 1.29 is 20.4 Å². The molecule has 4 N–H and O–H groups in total. The Labute approximate surface area is 386 Å². The van der Waals surface area contributed by atoms with Crippen LogP contribution in [0.4, 0.5) is 0 Å². The van der Waals surface area contributed by atoms with E-state index in [1.165, 1.54) is 22.3 Å². The van der Waals surface area contributed by atoms with E-state index < -0.39 is 0 Å². The van der Waals surface area contributed by atoms with Gasteiger partial charge in [0, 0.05) is 23.5 Å². The van der Waals surface area contributed by atoms with Gasteiger partial charge in [-0.1, -0.05) is 208 Å². The summed E-state index contributed by atoms with van der Waals surface area (Å²) in [4.78, 5) is 0. The van der Waals surface area contributed by atoms with Gasteiger partial charge in [-0.05, 0) is 113 Å². The van der Waals surface area contributed by atoms with Gasteiger partial charge in [0.25, 0.3) is 0 Å². The van der Waals surface area contributed by atoms with Gasteiger partial charge in [-0.15, -0.1) is 0 Å². The summed E-state index contributed by atoms with van der Waals surface area (Å²) in [5.41, 5.74) is 11.6. The average Bonchev–Trinajstić information content (AvgIpc) is 3.07. The number of benzene rings is 4. The lowest BCUT2D eigenvalue weighted by Crippen LogP contribution is -2.18. The summed E-state index contributed by atoms with van der Waals surface area (Å²) in [6, 6.07) is 17.2. The van der Waals surface area contributed by atoms with Crippen molar-refractivity contribution in [1.82, 2.24) is 0 Å². The van der Waals surface area contributed by atoms with Crippen LogP contribution in [0.3, 0.4) is 0 Å². The highest BCUT2D eigenvalue weighted by atomic mass is 16.3.